The lowest BCUT2D eigenvalue weighted by Gasteiger charge is -2.32. The highest BCUT2D eigenvalue weighted by molar-refractivity contribution is 5.95. The number of para-hydroxylation sites is 2. The Bertz CT molecular complexity index is 458. The zero-order valence-electron chi connectivity index (χ0n) is 9.67. The Hall–Kier alpha value is -2.04. The van der Waals surface area contributed by atoms with Crippen LogP contribution in [0, 0.1) is 0 Å². The van der Waals surface area contributed by atoms with Crippen LogP contribution in [-0.2, 0) is 14.3 Å². The van der Waals surface area contributed by atoms with Crippen molar-refractivity contribution >= 4 is 17.6 Å². The molecule has 1 aromatic rings. The van der Waals surface area contributed by atoms with E-state index in [0.29, 0.717) is 11.4 Å². The second-order valence-corrected chi connectivity index (χ2v) is 3.73. The van der Waals surface area contributed by atoms with Gasteiger partial charge in [-0.2, -0.15) is 0 Å². The van der Waals surface area contributed by atoms with E-state index in [4.69, 9.17) is 4.74 Å². The Kier molecular flexibility index (Phi) is 2.99. The molecule has 0 bridgehead atoms. The summed E-state index contributed by atoms with van der Waals surface area (Å²) in [4.78, 5) is 24.5. The van der Waals surface area contributed by atoms with Gasteiger partial charge in [-0.05, 0) is 12.1 Å². The first kappa shape index (κ1) is 11.4. The summed E-state index contributed by atoms with van der Waals surface area (Å²) >= 11 is 0. The van der Waals surface area contributed by atoms with E-state index < -0.39 is 12.1 Å². The predicted molar refractivity (Wildman–Crippen MR) is 60.9 cm³/mol. The van der Waals surface area contributed by atoms with E-state index in [1.165, 1.54) is 18.9 Å². The largest absolute Gasteiger partial charge is 0.475 e. The van der Waals surface area contributed by atoms with Gasteiger partial charge < -0.3 is 14.4 Å². The molecule has 1 amide bonds. The van der Waals surface area contributed by atoms with E-state index in [1.807, 2.05) is 6.07 Å². The molecular formula is C12H13NO4. The maximum atomic E-state index is 11.5. The Labute approximate surface area is 98.9 Å². The SMILES string of the molecule is COC(=O)[C@H]1CN(C(C)=O)c2ccccc2O1. The van der Waals surface area contributed by atoms with E-state index in [9.17, 15) is 9.59 Å². The minimum Gasteiger partial charge on any atom is -0.475 e. The number of methoxy groups -OCH3 is 1. The molecule has 0 unspecified atom stereocenters. The molecule has 0 N–H and O–H groups in total. The lowest BCUT2D eigenvalue weighted by molar-refractivity contribution is -0.148. The van der Waals surface area contributed by atoms with Crippen LogP contribution in [0.5, 0.6) is 5.75 Å². The number of ether oxygens (including phenoxy) is 2. The van der Waals surface area contributed by atoms with Crippen molar-refractivity contribution in [3.63, 3.8) is 0 Å². The van der Waals surface area contributed by atoms with Gasteiger partial charge in [-0.15, -0.1) is 0 Å². The summed E-state index contributed by atoms with van der Waals surface area (Å²) in [6.07, 6.45) is -0.765. The average molecular weight is 235 g/mol. The van der Waals surface area contributed by atoms with Crippen LogP contribution in [0.4, 0.5) is 5.69 Å². The molecule has 2 rings (SSSR count). The first-order valence-corrected chi connectivity index (χ1v) is 5.25. The Morgan fingerprint density at radius 3 is 2.76 bits per heavy atom. The lowest BCUT2D eigenvalue weighted by Crippen LogP contribution is -2.46. The number of nitrogens with zero attached hydrogens (tertiary/aromatic N) is 1. The third-order valence-electron chi connectivity index (χ3n) is 2.62. The quantitative estimate of drug-likeness (QED) is 0.681. The van der Waals surface area contributed by atoms with Crippen LogP contribution in [0.25, 0.3) is 0 Å². The van der Waals surface area contributed by atoms with Gasteiger partial charge in [0.25, 0.3) is 0 Å². The number of hydrogen-bond donors (Lipinski definition) is 0. The minimum atomic E-state index is -0.765. The van der Waals surface area contributed by atoms with Crippen molar-refractivity contribution < 1.29 is 19.1 Å². The third kappa shape index (κ3) is 2.08. The smallest absolute Gasteiger partial charge is 0.348 e. The van der Waals surface area contributed by atoms with Crippen molar-refractivity contribution in [1.29, 1.82) is 0 Å². The van der Waals surface area contributed by atoms with Crippen LogP contribution < -0.4 is 9.64 Å². The number of carbonyl (C=O) groups excluding carboxylic acids is 2. The fourth-order valence-corrected chi connectivity index (χ4v) is 1.79. The monoisotopic (exact) mass is 235 g/mol. The predicted octanol–water partition coefficient (Wildman–Crippen LogP) is 0.973. The fraction of sp³-hybridized carbons (Fsp3) is 0.333. The summed E-state index contributed by atoms with van der Waals surface area (Å²) in [6, 6.07) is 7.11. The molecule has 0 aliphatic carbocycles. The van der Waals surface area contributed by atoms with Crippen LogP contribution in [-0.4, -0.2) is 31.6 Å². The van der Waals surface area contributed by atoms with Crippen molar-refractivity contribution in [2.75, 3.05) is 18.6 Å². The number of anilines is 1. The average Bonchev–Trinajstić information content (AvgIpc) is 2.36. The molecule has 1 heterocycles. The van der Waals surface area contributed by atoms with Gasteiger partial charge in [-0.25, -0.2) is 4.79 Å². The molecule has 90 valence electrons. The van der Waals surface area contributed by atoms with Crippen molar-refractivity contribution in [2.45, 2.75) is 13.0 Å². The molecule has 17 heavy (non-hydrogen) atoms. The maximum absolute atomic E-state index is 11.5. The van der Waals surface area contributed by atoms with Crippen LogP contribution in [0.2, 0.25) is 0 Å². The highest BCUT2D eigenvalue weighted by Crippen LogP contribution is 2.33. The molecule has 1 atom stereocenters. The van der Waals surface area contributed by atoms with E-state index >= 15 is 0 Å². The van der Waals surface area contributed by atoms with Gasteiger partial charge in [0.05, 0.1) is 19.3 Å². The fourth-order valence-electron chi connectivity index (χ4n) is 1.79. The van der Waals surface area contributed by atoms with Crippen molar-refractivity contribution in [3.05, 3.63) is 24.3 Å². The summed E-state index contributed by atoms with van der Waals surface area (Å²) < 4.78 is 10.1. The van der Waals surface area contributed by atoms with Gasteiger partial charge in [0.15, 0.2) is 0 Å². The highest BCUT2D eigenvalue weighted by atomic mass is 16.6. The maximum Gasteiger partial charge on any atom is 0.348 e. The summed E-state index contributed by atoms with van der Waals surface area (Å²) in [5.74, 6) is -0.0928. The molecule has 5 heteroatoms. The second kappa shape index (κ2) is 4.45. The van der Waals surface area contributed by atoms with Crippen molar-refractivity contribution in [3.8, 4) is 5.75 Å². The van der Waals surface area contributed by atoms with Crippen LogP contribution in [0.3, 0.4) is 0 Å². The summed E-state index contributed by atoms with van der Waals surface area (Å²) in [5.41, 5.74) is 0.681. The molecule has 1 aliphatic rings. The Morgan fingerprint density at radius 2 is 2.12 bits per heavy atom. The molecule has 0 fully saturated rings. The van der Waals surface area contributed by atoms with Gasteiger partial charge in [-0.1, -0.05) is 12.1 Å². The first-order chi connectivity index (χ1) is 8.13. The number of fused-ring (bicyclic) bond motifs is 1. The van der Waals surface area contributed by atoms with E-state index in [0.717, 1.165) is 0 Å². The molecule has 0 aromatic heterocycles. The molecule has 0 saturated carbocycles. The van der Waals surface area contributed by atoms with Crippen molar-refractivity contribution in [1.82, 2.24) is 0 Å². The number of esters is 1. The van der Waals surface area contributed by atoms with Gasteiger partial charge in [0, 0.05) is 6.92 Å². The van der Waals surface area contributed by atoms with Gasteiger partial charge in [0.1, 0.15) is 5.75 Å². The molecule has 1 aromatic carbocycles. The normalized spacial score (nSPS) is 18.0. The molecule has 0 spiro atoms. The number of rotatable bonds is 1. The summed E-state index contributed by atoms with van der Waals surface area (Å²) in [7, 11) is 1.30. The summed E-state index contributed by atoms with van der Waals surface area (Å²) in [5, 5.41) is 0. The number of carbonyl (C=O) groups is 2. The zero-order chi connectivity index (χ0) is 12.4. The molecular weight excluding hydrogens is 222 g/mol. The summed E-state index contributed by atoms with van der Waals surface area (Å²) in [6.45, 7) is 1.63. The minimum absolute atomic E-state index is 0.130. The van der Waals surface area contributed by atoms with Gasteiger partial charge >= 0.3 is 5.97 Å². The Morgan fingerprint density at radius 1 is 1.41 bits per heavy atom. The molecule has 0 saturated heterocycles. The topological polar surface area (TPSA) is 55.8 Å². The van der Waals surface area contributed by atoms with Gasteiger partial charge in [0.2, 0.25) is 12.0 Å². The standard InChI is InChI=1S/C12H13NO4/c1-8(14)13-7-11(12(15)16-2)17-10-6-4-3-5-9(10)13/h3-6,11H,7H2,1-2H3/t11-/m1/s1. The van der Waals surface area contributed by atoms with E-state index in [-0.39, 0.29) is 12.5 Å². The zero-order valence-corrected chi connectivity index (χ0v) is 9.67. The molecule has 5 nitrogen and oxygen atoms in total. The second-order valence-electron chi connectivity index (χ2n) is 3.73. The number of amides is 1. The first-order valence-electron chi connectivity index (χ1n) is 5.25. The van der Waals surface area contributed by atoms with E-state index in [2.05, 4.69) is 4.74 Å². The van der Waals surface area contributed by atoms with E-state index in [1.54, 1.807) is 18.2 Å². The number of hydrogen-bond acceptors (Lipinski definition) is 4. The number of benzene rings is 1. The molecule has 1 aliphatic heterocycles. The lowest BCUT2D eigenvalue weighted by atomic mass is 10.2. The Balaban J connectivity index is 2.36. The third-order valence-corrected chi connectivity index (χ3v) is 2.62. The molecule has 0 radical (unpaired) electrons. The van der Waals surface area contributed by atoms with Gasteiger partial charge in [-0.3, -0.25) is 4.79 Å². The van der Waals surface area contributed by atoms with Crippen molar-refractivity contribution in [2.24, 2.45) is 0 Å². The van der Waals surface area contributed by atoms with Crippen LogP contribution in [0.15, 0.2) is 24.3 Å². The van der Waals surface area contributed by atoms with Crippen LogP contribution in [0.1, 0.15) is 6.92 Å². The van der Waals surface area contributed by atoms with Crippen LogP contribution >= 0.6 is 0 Å². The highest BCUT2D eigenvalue weighted by Gasteiger charge is 2.32.